The van der Waals surface area contributed by atoms with E-state index < -0.39 is 0 Å². The molecule has 1 atom stereocenters. The first-order valence-corrected chi connectivity index (χ1v) is 5.97. The Hall–Kier alpha value is -0.830. The zero-order valence-corrected chi connectivity index (χ0v) is 10.2. The molecule has 0 saturated heterocycles. The molecule has 0 aliphatic carbocycles. The van der Waals surface area contributed by atoms with E-state index in [2.05, 4.69) is 35.6 Å². The third kappa shape index (κ3) is 4.04. The predicted molar refractivity (Wildman–Crippen MR) is 63.7 cm³/mol. The highest BCUT2D eigenvalue weighted by Crippen LogP contribution is 2.02. The third-order valence-corrected chi connectivity index (χ3v) is 2.76. The summed E-state index contributed by atoms with van der Waals surface area (Å²) in [6, 6.07) is 0. The SMILES string of the molecule is CCCn1cncc1CNCC(C)CC. The second-order valence-electron chi connectivity index (χ2n) is 4.22. The van der Waals surface area contributed by atoms with Crippen molar-refractivity contribution in [2.24, 2.45) is 5.92 Å². The van der Waals surface area contributed by atoms with Crippen molar-refractivity contribution < 1.29 is 0 Å². The first-order chi connectivity index (χ1) is 7.27. The van der Waals surface area contributed by atoms with Crippen molar-refractivity contribution in [1.82, 2.24) is 14.9 Å². The Morgan fingerprint density at radius 2 is 2.27 bits per heavy atom. The number of rotatable bonds is 7. The van der Waals surface area contributed by atoms with Crippen LogP contribution in [0.25, 0.3) is 0 Å². The van der Waals surface area contributed by atoms with Crippen molar-refractivity contribution in [2.75, 3.05) is 6.54 Å². The van der Waals surface area contributed by atoms with Crippen LogP contribution >= 0.6 is 0 Å². The fraction of sp³-hybridized carbons (Fsp3) is 0.750. The van der Waals surface area contributed by atoms with Gasteiger partial charge in [-0.2, -0.15) is 0 Å². The molecule has 0 radical (unpaired) electrons. The molecule has 0 fully saturated rings. The van der Waals surface area contributed by atoms with Crippen LogP contribution in [-0.2, 0) is 13.1 Å². The second kappa shape index (κ2) is 6.62. The molecule has 0 aromatic carbocycles. The van der Waals surface area contributed by atoms with E-state index in [0.29, 0.717) is 0 Å². The maximum atomic E-state index is 4.18. The lowest BCUT2D eigenvalue weighted by molar-refractivity contribution is 0.490. The van der Waals surface area contributed by atoms with Crippen LogP contribution in [-0.4, -0.2) is 16.1 Å². The molecule has 0 aliphatic rings. The van der Waals surface area contributed by atoms with E-state index in [9.17, 15) is 0 Å². The maximum Gasteiger partial charge on any atom is 0.0948 e. The Bertz CT molecular complexity index is 268. The van der Waals surface area contributed by atoms with Gasteiger partial charge in [0.05, 0.1) is 12.0 Å². The van der Waals surface area contributed by atoms with Gasteiger partial charge in [-0.1, -0.05) is 27.2 Å². The average Bonchev–Trinajstić information content (AvgIpc) is 2.66. The Morgan fingerprint density at radius 3 is 2.93 bits per heavy atom. The molecule has 0 spiro atoms. The fourth-order valence-corrected chi connectivity index (χ4v) is 1.53. The van der Waals surface area contributed by atoms with E-state index >= 15 is 0 Å². The van der Waals surface area contributed by atoms with Crippen molar-refractivity contribution in [3.8, 4) is 0 Å². The highest BCUT2D eigenvalue weighted by Gasteiger charge is 2.02. The van der Waals surface area contributed by atoms with Crippen LogP contribution in [0, 0.1) is 5.92 Å². The van der Waals surface area contributed by atoms with E-state index in [4.69, 9.17) is 0 Å². The summed E-state index contributed by atoms with van der Waals surface area (Å²) in [7, 11) is 0. The van der Waals surface area contributed by atoms with Gasteiger partial charge >= 0.3 is 0 Å². The van der Waals surface area contributed by atoms with Crippen LogP contribution < -0.4 is 5.32 Å². The second-order valence-corrected chi connectivity index (χ2v) is 4.22. The highest BCUT2D eigenvalue weighted by atomic mass is 15.1. The molecule has 1 N–H and O–H groups in total. The quantitative estimate of drug-likeness (QED) is 0.747. The van der Waals surface area contributed by atoms with Crippen LogP contribution in [0.2, 0.25) is 0 Å². The molecule has 86 valence electrons. The average molecular weight is 209 g/mol. The first kappa shape index (κ1) is 12.2. The normalized spacial score (nSPS) is 13.0. The zero-order valence-electron chi connectivity index (χ0n) is 10.2. The fourth-order valence-electron chi connectivity index (χ4n) is 1.53. The van der Waals surface area contributed by atoms with Crippen LogP contribution in [0.5, 0.6) is 0 Å². The van der Waals surface area contributed by atoms with Crippen molar-refractivity contribution in [3.63, 3.8) is 0 Å². The van der Waals surface area contributed by atoms with Crippen molar-refractivity contribution in [3.05, 3.63) is 18.2 Å². The number of hydrogen-bond acceptors (Lipinski definition) is 2. The molecule has 3 heteroatoms. The van der Waals surface area contributed by atoms with Gasteiger partial charge < -0.3 is 9.88 Å². The van der Waals surface area contributed by atoms with E-state index in [1.807, 2.05) is 12.5 Å². The number of hydrogen-bond donors (Lipinski definition) is 1. The molecular weight excluding hydrogens is 186 g/mol. The number of nitrogens with one attached hydrogen (secondary N) is 1. The summed E-state index contributed by atoms with van der Waals surface area (Å²) < 4.78 is 2.23. The Kier molecular flexibility index (Phi) is 5.40. The van der Waals surface area contributed by atoms with Crippen molar-refractivity contribution in [2.45, 2.75) is 46.7 Å². The Labute approximate surface area is 92.9 Å². The van der Waals surface area contributed by atoms with Gasteiger partial charge in [0.2, 0.25) is 0 Å². The first-order valence-electron chi connectivity index (χ1n) is 5.97. The maximum absolute atomic E-state index is 4.18. The largest absolute Gasteiger partial charge is 0.333 e. The lowest BCUT2D eigenvalue weighted by atomic mass is 10.1. The Morgan fingerprint density at radius 1 is 1.47 bits per heavy atom. The summed E-state index contributed by atoms with van der Waals surface area (Å²) in [5.74, 6) is 0.757. The summed E-state index contributed by atoms with van der Waals surface area (Å²) in [5, 5.41) is 3.48. The van der Waals surface area contributed by atoms with E-state index in [0.717, 1.165) is 32.0 Å². The van der Waals surface area contributed by atoms with Gasteiger partial charge in [-0.25, -0.2) is 4.98 Å². The van der Waals surface area contributed by atoms with E-state index in [-0.39, 0.29) is 0 Å². The summed E-state index contributed by atoms with van der Waals surface area (Å²) in [6.45, 7) is 9.79. The molecule has 1 aromatic rings. The topological polar surface area (TPSA) is 29.9 Å². The van der Waals surface area contributed by atoms with Gasteiger partial charge in [0.25, 0.3) is 0 Å². The predicted octanol–water partition coefficient (Wildman–Crippen LogP) is 2.43. The summed E-state index contributed by atoms with van der Waals surface area (Å²) in [6.07, 6.45) is 6.28. The molecule has 0 amide bonds. The molecule has 0 bridgehead atoms. The van der Waals surface area contributed by atoms with E-state index in [1.165, 1.54) is 12.1 Å². The minimum atomic E-state index is 0.757. The lowest BCUT2D eigenvalue weighted by Gasteiger charge is -2.11. The van der Waals surface area contributed by atoms with Crippen molar-refractivity contribution in [1.29, 1.82) is 0 Å². The number of imidazole rings is 1. The van der Waals surface area contributed by atoms with Crippen LogP contribution in [0.4, 0.5) is 0 Å². The summed E-state index contributed by atoms with van der Waals surface area (Å²) >= 11 is 0. The highest BCUT2D eigenvalue weighted by molar-refractivity contribution is 4.97. The zero-order chi connectivity index (χ0) is 11.1. The van der Waals surface area contributed by atoms with Gasteiger partial charge in [-0.05, 0) is 18.9 Å². The van der Waals surface area contributed by atoms with Crippen molar-refractivity contribution >= 4 is 0 Å². The molecule has 3 nitrogen and oxygen atoms in total. The minimum absolute atomic E-state index is 0.757. The van der Waals surface area contributed by atoms with E-state index in [1.54, 1.807) is 0 Å². The standard InChI is InChI=1S/C12H23N3/c1-4-6-15-10-14-9-12(15)8-13-7-11(3)5-2/h9-11,13H,4-8H2,1-3H3. The molecule has 1 rings (SSSR count). The molecule has 1 unspecified atom stereocenters. The Balaban J connectivity index is 2.33. The molecule has 15 heavy (non-hydrogen) atoms. The number of aryl methyl sites for hydroxylation is 1. The molecule has 1 aromatic heterocycles. The molecule has 0 saturated carbocycles. The summed E-state index contributed by atoms with van der Waals surface area (Å²) in [5.41, 5.74) is 1.29. The van der Waals surface area contributed by atoms with Gasteiger partial charge in [0.1, 0.15) is 0 Å². The van der Waals surface area contributed by atoms with Crippen LogP contribution in [0.1, 0.15) is 39.3 Å². The molecule has 1 heterocycles. The smallest absolute Gasteiger partial charge is 0.0948 e. The van der Waals surface area contributed by atoms with Gasteiger partial charge in [-0.3, -0.25) is 0 Å². The molecular formula is C12H23N3. The van der Waals surface area contributed by atoms with Gasteiger partial charge in [0, 0.05) is 19.3 Å². The van der Waals surface area contributed by atoms with Gasteiger partial charge in [-0.15, -0.1) is 0 Å². The monoisotopic (exact) mass is 209 g/mol. The number of aromatic nitrogens is 2. The third-order valence-electron chi connectivity index (χ3n) is 2.76. The number of nitrogens with zero attached hydrogens (tertiary/aromatic N) is 2. The minimum Gasteiger partial charge on any atom is -0.333 e. The van der Waals surface area contributed by atoms with Gasteiger partial charge in [0.15, 0.2) is 0 Å². The van der Waals surface area contributed by atoms with Crippen LogP contribution in [0.15, 0.2) is 12.5 Å². The summed E-state index contributed by atoms with van der Waals surface area (Å²) in [4.78, 5) is 4.18. The molecule has 0 aliphatic heterocycles. The lowest BCUT2D eigenvalue weighted by Crippen LogP contribution is -2.21. The van der Waals surface area contributed by atoms with Crippen LogP contribution in [0.3, 0.4) is 0 Å².